The fourth-order valence-electron chi connectivity index (χ4n) is 4.37. The van der Waals surface area contributed by atoms with Crippen LogP contribution in [0.5, 0.6) is 0 Å². The van der Waals surface area contributed by atoms with Crippen molar-refractivity contribution in [2.45, 2.75) is 25.1 Å². The molecule has 1 saturated heterocycles. The highest BCUT2D eigenvalue weighted by Crippen LogP contribution is 2.33. The molecule has 10 nitrogen and oxygen atoms in total. The van der Waals surface area contributed by atoms with Crippen LogP contribution in [0.4, 0.5) is 30.4 Å². The molecule has 0 spiro atoms. The predicted octanol–water partition coefficient (Wildman–Crippen LogP) is 5.64. The average molecular weight is 566 g/mol. The number of piperidine rings is 1. The lowest BCUT2D eigenvalue weighted by Crippen LogP contribution is -2.29. The van der Waals surface area contributed by atoms with Gasteiger partial charge in [0.1, 0.15) is 11.3 Å². The third-order valence-electron chi connectivity index (χ3n) is 6.46. The first-order valence-corrected chi connectivity index (χ1v) is 12.7. The molecule has 0 saturated carbocycles. The zero-order valence-electron chi connectivity index (χ0n) is 21.6. The van der Waals surface area contributed by atoms with Gasteiger partial charge in [0.25, 0.3) is 0 Å². The molecule has 5 N–H and O–H groups in total. The summed E-state index contributed by atoms with van der Waals surface area (Å²) in [5, 5.41) is 18.5. The molecule has 2 aromatic carbocycles. The van der Waals surface area contributed by atoms with E-state index in [1.54, 1.807) is 6.20 Å². The molecule has 0 unspecified atom stereocenters. The lowest BCUT2D eigenvalue weighted by Gasteiger charge is -2.22. The third kappa shape index (κ3) is 6.64. The number of benzene rings is 2. The van der Waals surface area contributed by atoms with Crippen LogP contribution in [0.25, 0.3) is 33.7 Å². The number of hydrogen-bond acceptors (Lipinski definition) is 8. The molecule has 41 heavy (non-hydrogen) atoms. The minimum absolute atomic E-state index is 0.378. The van der Waals surface area contributed by atoms with Gasteiger partial charge in [0.15, 0.2) is 5.58 Å². The molecule has 0 radical (unpaired) electrons. The Balaban J connectivity index is 0.000000431. The number of halogens is 3. The second-order valence-electron chi connectivity index (χ2n) is 9.34. The van der Waals surface area contributed by atoms with Crippen molar-refractivity contribution >= 4 is 34.3 Å². The summed E-state index contributed by atoms with van der Waals surface area (Å²) >= 11 is 0. The first kappa shape index (κ1) is 27.6. The molecular formula is C28H26F3N7O3. The molecule has 0 bridgehead atoms. The smallest absolute Gasteiger partial charge is 0.475 e. The van der Waals surface area contributed by atoms with Crippen LogP contribution in [-0.2, 0) is 4.79 Å². The Morgan fingerprint density at radius 1 is 1.05 bits per heavy atom. The number of aliphatic carboxylic acids is 1. The summed E-state index contributed by atoms with van der Waals surface area (Å²) < 4.78 is 39.8. The molecule has 6 rings (SSSR count). The van der Waals surface area contributed by atoms with E-state index < -0.39 is 12.1 Å². The highest BCUT2D eigenvalue weighted by molar-refractivity contribution is 5.83. The Kier molecular flexibility index (Phi) is 7.88. The van der Waals surface area contributed by atoms with Gasteiger partial charge in [-0.05, 0) is 62.3 Å². The summed E-state index contributed by atoms with van der Waals surface area (Å²) in [7, 11) is 0. The fraction of sp³-hybridized carbons (Fsp3) is 0.214. The van der Waals surface area contributed by atoms with Crippen LogP contribution < -0.4 is 16.4 Å². The molecule has 13 heteroatoms. The maximum Gasteiger partial charge on any atom is 0.490 e. The fourth-order valence-corrected chi connectivity index (χ4v) is 4.37. The van der Waals surface area contributed by atoms with Gasteiger partial charge < -0.3 is 25.9 Å². The SMILES string of the molecule is Nc1ncc(-c2cnn(C3CCNCC3)c2)cc1-c1nc2cc(Nc3ccccc3)ccc2o1.O=C(O)C(F)(F)F. The van der Waals surface area contributed by atoms with Crippen LogP contribution in [0.15, 0.2) is 77.6 Å². The van der Waals surface area contributed by atoms with E-state index in [0.29, 0.717) is 28.9 Å². The van der Waals surface area contributed by atoms with E-state index in [9.17, 15) is 13.2 Å². The van der Waals surface area contributed by atoms with Crippen molar-refractivity contribution in [2.75, 3.05) is 24.1 Å². The van der Waals surface area contributed by atoms with E-state index in [1.165, 1.54) is 0 Å². The van der Waals surface area contributed by atoms with Crippen molar-refractivity contribution < 1.29 is 27.5 Å². The number of rotatable bonds is 5. The largest absolute Gasteiger partial charge is 0.490 e. The number of carbonyl (C=O) groups is 1. The van der Waals surface area contributed by atoms with Crippen LogP contribution >= 0.6 is 0 Å². The number of anilines is 3. The average Bonchev–Trinajstić information content (AvgIpc) is 3.62. The monoisotopic (exact) mass is 565 g/mol. The number of alkyl halides is 3. The number of nitrogens with one attached hydrogen (secondary N) is 2. The summed E-state index contributed by atoms with van der Waals surface area (Å²) in [5.74, 6) is -1.93. The van der Waals surface area contributed by atoms with E-state index in [0.717, 1.165) is 53.9 Å². The predicted molar refractivity (Wildman–Crippen MR) is 147 cm³/mol. The van der Waals surface area contributed by atoms with Gasteiger partial charge in [0, 0.05) is 34.9 Å². The molecule has 1 aliphatic rings. The van der Waals surface area contributed by atoms with Crippen molar-refractivity contribution in [2.24, 2.45) is 0 Å². The maximum absolute atomic E-state index is 10.6. The molecule has 1 aliphatic heterocycles. The number of oxazole rings is 1. The molecule has 3 aromatic heterocycles. The number of fused-ring (bicyclic) bond motifs is 1. The number of carboxylic acids is 1. The third-order valence-corrected chi connectivity index (χ3v) is 6.46. The second kappa shape index (κ2) is 11.7. The molecule has 0 amide bonds. The number of carboxylic acid groups (broad SMARTS) is 1. The van der Waals surface area contributed by atoms with Gasteiger partial charge in [0.05, 0.1) is 17.8 Å². The van der Waals surface area contributed by atoms with Crippen molar-refractivity contribution in [3.8, 4) is 22.6 Å². The van der Waals surface area contributed by atoms with Crippen molar-refractivity contribution in [1.82, 2.24) is 25.1 Å². The highest BCUT2D eigenvalue weighted by Gasteiger charge is 2.38. The van der Waals surface area contributed by atoms with Crippen LogP contribution in [0.1, 0.15) is 18.9 Å². The van der Waals surface area contributed by atoms with Crippen LogP contribution in [0.3, 0.4) is 0 Å². The van der Waals surface area contributed by atoms with E-state index >= 15 is 0 Å². The Morgan fingerprint density at radius 3 is 2.49 bits per heavy atom. The Labute approximate surface area is 232 Å². The van der Waals surface area contributed by atoms with Crippen LogP contribution in [0.2, 0.25) is 0 Å². The van der Waals surface area contributed by atoms with Gasteiger partial charge in [-0.25, -0.2) is 14.8 Å². The lowest BCUT2D eigenvalue weighted by molar-refractivity contribution is -0.192. The van der Waals surface area contributed by atoms with E-state index in [4.69, 9.17) is 25.0 Å². The number of aromatic nitrogens is 4. The first-order valence-electron chi connectivity index (χ1n) is 12.7. The maximum atomic E-state index is 10.6. The topological polar surface area (TPSA) is 144 Å². The minimum atomic E-state index is -5.08. The number of nitrogen functional groups attached to an aromatic ring is 1. The highest BCUT2D eigenvalue weighted by atomic mass is 19.4. The first-order chi connectivity index (χ1) is 19.7. The zero-order chi connectivity index (χ0) is 29.0. The van der Waals surface area contributed by atoms with Gasteiger partial charge in [-0.2, -0.15) is 18.3 Å². The summed E-state index contributed by atoms with van der Waals surface area (Å²) in [4.78, 5) is 18.0. The Morgan fingerprint density at radius 2 is 1.78 bits per heavy atom. The zero-order valence-corrected chi connectivity index (χ0v) is 21.6. The van der Waals surface area contributed by atoms with Gasteiger partial charge in [-0.15, -0.1) is 0 Å². The van der Waals surface area contributed by atoms with Gasteiger partial charge in [-0.1, -0.05) is 18.2 Å². The summed E-state index contributed by atoms with van der Waals surface area (Å²) in [6, 6.07) is 18.3. The second-order valence-corrected chi connectivity index (χ2v) is 9.34. The van der Waals surface area contributed by atoms with Crippen molar-refractivity contribution in [3.63, 3.8) is 0 Å². The Hall–Kier alpha value is -4.91. The number of nitrogens with zero attached hydrogens (tertiary/aromatic N) is 4. The summed E-state index contributed by atoms with van der Waals surface area (Å²) in [6.07, 6.45) is 2.81. The number of nitrogens with two attached hydrogens (primary N) is 1. The number of para-hydroxylation sites is 1. The summed E-state index contributed by atoms with van der Waals surface area (Å²) in [6.45, 7) is 2.04. The quantitative estimate of drug-likeness (QED) is 0.213. The van der Waals surface area contributed by atoms with Crippen LogP contribution in [0, 0.1) is 0 Å². The molecule has 5 aromatic rings. The van der Waals surface area contributed by atoms with E-state index in [1.807, 2.05) is 60.8 Å². The molecular weight excluding hydrogens is 539 g/mol. The molecule has 0 atom stereocenters. The van der Waals surface area contributed by atoms with Crippen molar-refractivity contribution in [1.29, 1.82) is 0 Å². The molecule has 1 fully saturated rings. The molecule has 0 aliphatic carbocycles. The van der Waals surface area contributed by atoms with Crippen LogP contribution in [-0.4, -0.2) is 50.1 Å². The van der Waals surface area contributed by atoms with E-state index in [-0.39, 0.29) is 0 Å². The Bertz CT molecular complexity index is 1650. The number of hydrogen-bond donors (Lipinski definition) is 4. The van der Waals surface area contributed by atoms with E-state index in [2.05, 4.69) is 31.6 Å². The number of pyridine rings is 1. The van der Waals surface area contributed by atoms with Gasteiger partial charge in [0.2, 0.25) is 5.89 Å². The normalized spacial score (nSPS) is 13.9. The molecule has 4 heterocycles. The lowest BCUT2D eigenvalue weighted by atomic mass is 10.1. The summed E-state index contributed by atoms with van der Waals surface area (Å²) in [5.41, 5.74) is 12.2. The van der Waals surface area contributed by atoms with Crippen molar-refractivity contribution in [3.05, 3.63) is 73.2 Å². The minimum Gasteiger partial charge on any atom is -0.475 e. The van der Waals surface area contributed by atoms with Gasteiger partial charge in [-0.3, -0.25) is 4.68 Å². The van der Waals surface area contributed by atoms with Gasteiger partial charge >= 0.3 is 12.1 Å². The molecule has 212 valence electrons. The standard InChI is InChI=1S/C26H25N7O.C2HF3O2/c27-25-22(12-17(14-29-25)18-15-30-33(16-18)21-8-10-28-11-9-21)26-32-23-13-20(6-7-24(23)34-26)31-19-4-2-1-3-5-19;3-2(4,5)1(6)7/h1-7,12-16,21,28,31H,8-11H2,(H2,27,29);(H,6,7).